The summed E-state index contributed by atoms with van der Waals surface area (Å²) in [6.45, 7) is 0. The number of nitrogens with zero attached hydrogens (tertiary/aromatic N) is 1. The van der Waals surface area contributed by atoms with Crippen molar-refractivity contribution in [1.82, 2.24) is 4.98 Å². The van der Waals surface area contributed by atoms with Crippen molar-refractivity contribution >= 4 is 64.4 Å². The van der Waals surface area contributed by atoms with Gasteiger partial charge in [0, 0.05) is 21.1 Å². The number of imide groups is 1. The zero-order chi connectivity index (χ0) is 24.9. The predicted molar refractivity (Wildman–Crippen MR) is 142 cm³/mol. The molecule has 2 aromatic carbocycles. The number of carbonyl (C=O) groups excluding carboxylic acids is 2. The molecular weight excluding hydrogens is 536 g/mol. The van der Waals surface area contributed by atoms with E-state index in [2.05, 4.69) is 4.98 Å². The van der Waals surface area contributed by atoms with Gasteiger partial charge >= 0.3 is 0 Å². The van der Waals surface area contributed by atoms with Crippen molar-refractivity contribution in [3.8, 4) is 11.5 Å². The number of phenols is 1. The Morgan fingerprint density at radius 3 is 2.53 bits per heavy atom. The molecule has 2 bridgehead atoms. The highest BCUT2D eigenvalue weighted by Gasteiger charge is 2.69. The first kappa shape index (κ1) is 22.8. The van der Waals surface area contributed by atoms with Crippen LogP contribution in [0.1, 0.15) is 22.8 Å². The fourth-order valence-electron chi connectivity index (χ4n) is 7.14. The van der Waals surface area contributed by atoms with Gasteiger partial charge in [-0.25, -0.2) is 0 Å². The Labute approximate surface area is 225 Å². The van der Waals surface area contributed by atoms with E-state index in [9.17, 15) is 14.7 Å². The molecule has 6 nitrogen and oxygen atoms in total. The number of H-pyrrole nitrogens is 1. The van der Waals surface area contributed by atoms with Gasteiger partial charge in [0.05, 0.1) is 29.7 Å². The normalized spacial score (nSPS) is 31.9. The van der Waals surface area contributed by atoms with E-state index in [-0.39, 0.29) is 58.3 Å². The summed E-state index contributed by atoms with van der Waals surface area (Å²) >= 11 is 14.9. The van der Waals surface area contributed by atoms with Crippen LogP contribution in [0, 0.1) is 33.5 Å². The van der Waals surface area contributed by atoms with Crippen molar-refractivity contribution in [2.45, 2.75) is 22.6 Å². The third kappa shape index (κ3) is 3.06. The van der Waals surface area contributed by atoms with Crippen molar-refractivity contribution in [2.75, 3.05) is 12.0 Å². The van der Waals surface area contributed by atoms with E-state index in [1.807, 2.05) is 6.07 Å². The molecule has 2 aliphatic carbocycles. The largest absolute Gasteiger partial charge is 0.504 e. The third-order valence-electron chi connectivity index (χ3n) is 8.37. The molecule has 2 saturated carbocycles. The minimum Gasteiger partial charge on any atom is -0.504 e. The zero-order valence-electron chi connectivity index (χ0n) is 19.0. The first-order valence-electron chi connectivity index (χ1n) is 11.8. The average Bonchev–Trinajstić information content (AvgIpc) is 3.58. The zero-order valence-corrected chi connectivity index (χ0v) is 22.2. The van der Waals surface area contributed by atoms with Gasteiger partial charge in [0.2, 0.25) is 11.8 Å². The molecular formula is C26H21ClN2O4S3. The topological polar surface area (TPSA) is 82.6 Å². The van der Waals surface area contributed by atoms with E-state index < -0.39 is 0 Å². The van der Waals surface area contributed by atoms with Gasteiger partial charge in [-0.2, -0.15) is 0 Å². The average molecular weight is 557 g/mol. The second-order valence-electron chi connectivity index (χ2n) is 9.88. The fourth-order valence-corrected chi connectivity index (χ4v) is 10.6. The highest BCUT2D eigenvalue weighted by Crippen LogP contribution is 2.69. The van der Waals surface area contributed by atoms with Gasteiger partial charge in [-0.15, -0.1) is 23.1 Å². The number of nitrogens with one attached hydrogen (secondary N) is 1. The minimum absolute atomic E-state index is 0.0237. The second kappa shape index (κ2) is 8.08. The van der Waals surface area contributed by atoms with Crippen LogP contribution in [0.5, 0.6) is 11.5 Å². The molecule has 184 valence electrons. The van der Waals surface area contributed by atoms with Gasteiger partial charge in [0.25, 0.3) is 0 Å². The number of fused-ring (bicyclic) bond motifs is 9. The number of amides is 2. The first-order chi connectivity index (χ1) is 17.4. The van der Waals surface area contributed by atoms with E-state index in [0.717, 1.165) is 21.9 Å². The summed E-state index contributed by atoms with van der Waals surface area (Å²) in [5.41, 5.74) is 1.56. The lowest BCUT2D eigenvalue weighted by molar-refractivity contribution is -0.123. The summed E-state index contributed by atoms with van der Waals surface area (Å²) in [7, 11) is 1.53. The Bertz CT molecular complexity index is 1490. The molecule has 0 radical (unpaired) electrons. The molecule has 7 unspecified atom stereocenters. The van der Waals surface area contributed by atoms with Gasteiger partial charge < -0.3 is 14.8 Å². The van der Waals surface area contributed by atoms with Crippen LogP contribution in [0.3, 0.4) is 0 Å². The van der Waals surface area contributed by atoms with Crippen molar-refractivity contribution in [3.05, 3.63) is 61.9 Å². The molecule has 7 atom stereocenters. The summed E-state index contributed by atoms with van der Waals surface area (Å²) in [5, 5.41) is 12.4. The molecule has 3 heterocycles. The molecule has 2 amide bonds. The van der Waals surface area contributed by atoms with E-state index in [4.69, 9.17) is 28.6 Å². The van der Waals surface area contributed by atoms with E-state index in [1.54, 1.807) is 59.5 Å². The summed E-state index contributed by atoms with van der Waals surface area (Å²) in [5.74, 6) is -0.0126. The summed E-state index contributed by atoms with van der Waals surface area (Å²) in [6.07, 6.45) is 0.859. The smallest absolute Gasteiger partial charge is 0.238 e. The maximum Gasteiger partial charge on any atom is 0.238 e. The predicted octanol–water partition coefficient (Wildman–Crippen LogP) is 5.85. The van der Waals surface area contributed by atoms with Crippen LogP contribution in [-0.4, -0.2) is 34.3 Å². The van der Waals surface area contributed by atoms with Crippen LogP contribution in [-0.2, 0) is 9.59 Å². The number of aromatic amines is 1. The number of benzene rings is 2. The van der Waals surface area contributed by atoms with Crippen LogP contribution in [0.4, 0.5) is 5.69 Å². The number of aromatic nitrogens is 1. The number of hydrogen-bond acceptors (Lipinski definition) is 7. The van der Waals surface area contributed by atoms with Crippen molar-refractivity contribution in [1.29, 1.82) is 0 Å². The highest BCUT2D eigenvalue weighted by atomic mass is 35.5. The number of ether oxygens (including phenoxy) is 1. The molecule has 2 aliphatic heterocycles. The molecule has 1 aromatic heterocycles. The monoisotopic (exact) mass is 556 g/mol. The number of halogens is 1. The number of rotatable bonds is 3. The van der Waals surface area contributed by atoms with Crippen molar-refractivity contribution < 1.29 is 19.4 Å². The summed E-state index contributed by atoms with van der Waals surface area (Å²) in [6, 6.07) is 12.5. The van der Waals surface area contributed by atoms with Crippen LogP contribution >= 0.6 is 46.9 Å². The summed E-state index contributed by atoms with van der Waals surface area (Å²) in [4.78, 5) is 33.3. The maximum atomic E-state index is 13.8. The first-order valence-corrected chi connectivity index (χ1v) is 14.3. The molecule has 1 saturated heterocycles. The SMILES string of the molecule is COc1ccc(C2c3sc(=S)[nH]c3SC3C4CC(C5C(=O)N(c6ccc(Cl)cc6)C(=O)C45)C23)cc1O. The lowest BCUT2D eigenvalue weighted by Crippen LogP contribution is -2.42. The number of carbonyl (C=O) groups is 2. The third-order valence-corrected chi connectivity index (χ3v) is 11.6. The Morgan fingerprint density at radius 1 is 1.11 bits per heavy atom. The summed E-state index contributed by atoms with van der Waals surface area (Å²) < 4.78 is 5.98. The Kier molecular flexibility index (Phi) is 5.13. The van der Waals surface area contributed by atoms with Crippen LogP contribution in [0.15, 0.2) is 47.5 Å². The maximum absolute atomic E-state index is 13.8. The fraction of sp³-hybridized carbons (Fsp3) is 0.346. The number of thiazole rings is 1. The number of phenolic OH excluding ortho intramolecular Hbond substituents is 1. The lowest BCUT2D eigenvalue weighted by atomic mass is 9.68. The van der Waals surface area contributed by atoms with Crippen molar-refractivity contribution in [3.63, 3.8) is 0 Å². The minimum atomic E-state index is -0.331. The molecule has 2 N–H and O–H groups in total. The van der Waals surface area contributed by atoms with Crippen LogP contribution in [0.2, 0.25) is 5.02 Å². The number of methoxy groups -OCH3 is 1. The van der Waals surface area contributed by atoms with Gasteiger partial charge in [0.15, 0.2) is 15.5 Å². The van der Waals surface area contributed by atoms with Crippen LogP contribution in [0.25, 0.3) is 0 Å². The Morgan fingerprint density at radius 2 is 1.83 bits per heavy atom. The second-order valence-corrected chi connectivity index (χ2v) is 13.2. The Balaban J connectivity index is 1.32. The van der Waals surface area contributed by atoms with E-state index in [0.29, 0.717) is 20.4 Å². The van der Waals surface area contributed by atoms with E-state index in [1.165, 1.54) is 12.0 Å². The molecule has 10 heteroatoms. The quantitative estimate of drug-likeness (QED) is 0.311. The number of anilines is 1. The lowest BCUT2D eigenvalue weighted by Gasteiger charge is -2.43. The van der Waals surface area contributed by atoms with Gasteiger partial charge in [0.1, 0.15) is 0 Å². The number of aromatic hydroxyl groups is 1. The number of thioether (sulfide) groups is 1. The molecule has 3 fully saturated rings. The molecule has 0 spiro atoms. The standard InChI is InChI=1S/C26H21ClN2O4S3/c1-33-16-7-2-10(8-15(16)30)17-18-13-9-14(21(18)35-23-22(17)36-26(34)28-23)20-19(13)24(31)29(25(20)32)12-5-3-11(27)4-6-12/h2-8,13-14,17-21,30H,9H2,1H3,(H,28,34). The van der Waals surface area contributed by atoms with Crippen LogP contribution < -0.4 is 9.64 Å². The van der Waals surface area contributed by atoms with Gasteiger partial charge in [-0.3, -0.25) is 14.5 Å². The van der Waals surface area contributed by atoms with Gasteiger partial charge in [-0.05, 0) is 78.4 Å². The molecule has 4 aliphatic rings. The van der Waals surface area contributed by atoms with Gasteiger partial charge in [-0.1, -0.05) is 17.7 Å². The molecule has 3 aromatic rings. The van der Waals surface area contributed by atoms with E-state index >= 15 is 0 Å². The number of hydrogen-bond donors (Lipinski definition) is 2. The Hall–Kier alpha value is -2.33. The molecule has 7 rings (SSSR count). The van der Waals surface area contributed by atoms with Crippen molar-refractivity contribution in [2.24, 2.45) is 29.6 Å². The molecule has 36 heavy (non-hydrogen) atoms. The highest BCUT2D eigenvalue weighted by molar-refractivity contribution is 8.00.